The highest BCUT2D eigenvalue weighted by atomic mass is 16.5. The molecule has 1 aliphatic heterocycles. The van der Waals surface area contributed by atoms with Gasteiger partial charge in [0.15, 0.2) is 5.69 Å². The van der Waals surface area contributed by atoms with Gasteiger partial charge in [-0.05, 0) is 19.1 Å². The Morgan fingerprint density at radius 3 is 2.59 bits per heavy atom. The largest absolute Gasteiger partial charge is 0.495 e. The average molecular weight is 301 g/mol. The fourth-order valence-electron chi connectivity index (χ4n) is 2.68. The fraction of sp³-hybridized carbons (Fsp3) is 0.375. The first-order valence-electron chi connectivity index (χ1n) is 7.29. The van der Waals surface area contributed by atoms with Crippen LogP contribution in [0.1, 0.15) is 16.1 Å². The molecule has 0 unspecified atom stereocenters. The lowest BCUT2D eigenvalue weighted by molar-refractivity contribution is 0.0735. The second-order valence-corrected chi connectivity index (χ2v) is 5.30. The lowest BCUT2D eigenvalue weighted by Crippen LogP contribution is -2.49. The van der Waals surface area contributed by atoms with Crippen LogP contribution >= 0.6 is 0 Å². The average Bonchev–Trinajstić information content (AvgIpc) is 3.00. The number of para-hydroxylation sites is 2. The molecule has 2 aromatic rings. The number of aromatic nitrogens is 1. The predicted molar refractivity (Wildman–Crippen MR) is 82.4 cm³/mol. The second kappa shape index (κ2) is 6.09. The lowest BCUT2D eigenvalue weighted by atomic mass is 10.2. The van der Waals surface area contributed by atoms with E-state index in [0.29, 0.717) is 18.8 Å². The highest BCUT2D eigenvalue weighted by Crippen LogP contribution is 2.28. The minimum atomic E-state index is -0.0640. The predicted octanol–water partition coefficient (Wildman–Crippen LogP) is 1.95. The monoisotopic (exact) mass is 301 g/mol. The Balaban J connectivity index is 1.68. The van der Waals surface area contributed by atoms with Crippen molar-refractivity contribution in [2.24, 2.45) is 0 Å². The number of anilines is 1. The molecule has 1 fully saturated rings. The molecule has 1 amide bonds. The zero-order chi connectivity index (χ0) is 15.5. The van der Waals surface area contributed by atoms with Gasteiger partial charge < -0.3 is 19.1 Å². The fourth-order valence-corrected chi connectivity index (χ4v) is 2.68. The van der Waals surface area contributed by atoms with E-state index in [2.05, 4.69) is 10.1 Å². The number of carbonyl (C=O) groups is 1. The maximum atomic E-state index is 12.4. The van der Waals surface area contributed by atoms with Crippen molar-refractivity contribution in [3.05, 3.63) is 41.8 Å². The molecule has 6 nitrogen and oxygen atoms in total. The van der Waals surface area contributed by atoms with Crippen LogP contribution in [0.15, 0.2) is 35.1 Å². The first-order chi connectivity index (χ1) is 10.7. The lowest BCUT2D eigenvalue weighted by Gasteiger charge is -2.36. The molecular weight excluding hydrogens is 282 g/mol. The molecule has 0 aliphatic carbocycles. The summed E-state index contributed by atoms with van der Waals surface area (Å²) < 4.78 is 10.3. The van der Waals surface area contributed by atoms with Crippen molar-refractivity contribution in [1.29, 1.82) is 0 Å². The van der Waals surface area contributed by atoms with Crippen molar-refractivity contribution in [2.75, 3.05) is 38.2 Å². The normalized spacial score (nSPS) is 15.0. The summed E-state index contributed by atoms with van der Waals surface area (Å²) in [5.41, 5.74) is 2.25. The second-order valence-electron chi connectivity index (χ2n) is 5.30. The molecule has 0 spiro atoms. The molecule has 1 aliphatic rings. The first-order valence-corrected chi connectivity index (χ1v) is 7.29. The minimum Gasteiger partial charge on any atom is -0.495 e. The Hall–Kier alpha value is -2.50. The van der Waals surface area contributed by atoms with Crippen molar-refractivity contribution in [1.82, 2.24) is 10.1 Å². The van der Waals surface area contributed by atoms with E-state index in [1.165, 1.54) is 6.26 Å². The van der Waals surface area contributed by atoms with E-state index in [1.54, 1.807) is 7.11 Å². The molecule has 0 radical (unpaired) electrons. The van der Waals surface area contributed by atoms with E-state index in [0.717, 1.165) is 30.1 Å². The highest BCUT2D eigenvalue weighted by molar-refractivity contribution is 5.93. The van der Waals surface area contributed by atoms with Crippen LogP contribution in [0.4, 0.5) is 5.69 Å². The maximum Gasteiger partial charge on any atom is 0.276 e. The number of piperazine rings is 1. The number of hydrogen-bond donors (Lipinski definition) is 0. The number of methoxy groups -OCH3 is 1. The standard InChI is InChI=1S/C16H19N3O3/c1-12-11-22-17-15(12)16(20)19-9-7-18(8-10-19)13-5-3-4-6-14(13)21-2/h3-6,11H,7-10H2,1-2H3. The Morgan fingerprint density at radius 2 is 1.95 bits per heavy atom. The van der Waals surface area contributed by atoms with Crippen LogP contribution in [0.3, 0.4) is 0 Å². The molecule has 0 atom stereocenters. The molecule has 1 aromatic heterocycles. The van der Waals surface area contributed by atoms with Crippen LogP contribution in [-0.4, -0.2) is 49.3 Å². The number of nitrogens with zero attached hydrogens (tertiary/aromatic N) is 3. The van der Waals surface area contributed by atoms with E-state index in [9.17, 15) is 4.79 Å². The molecule has 22 heavy (non-hydrogen) atoms. The van der Waals surface area contributed by atoms with Gasteiger partial charge >= 0.3 is 0 Å². The summed E-state index contributed by atoms with van der Waals surface area (Å²) in [5, 5.41) is 3.80. The summed E-state index contributed by atoms with van der Waals surface area (Å²) in [6.45, 7) is 4.67. The maximum absolute atomic E-state index is 12.4. The smallest absolute Gasteiger partial charge is 0.276 e. The minimum absolute atomic E-state index is 0.0640. The van der Waals surface area contributed by atoms with Gasteiger partial charge in [-0.25, -0.2) is 0 Å². The van der Waals surface area contributed by atoms with Gasteiger partial charge in [0.25, 0.3) is 5.91 Å². The number of carbonyl (C=O) groups excluding carboxylic acids is 1. The van der Waals surface area contributed by atoms with E-state index < -0.39 is 0 Å². The van der Waals surface area contributed by atoms with E-state index in [1.807, 2.05) is 36.1 Å². The highest BCUT2D eigenvalue weighted by Gasteiger charge is 2.26. The SMILES string of the molecule is COc1ccccc1N1CCN(C(=O)c2nocc2C)CC1. The molecule has 0 N–H and O–H groups in total. The Bertz CT molecular complexity index is 660. The topological polar surface area (TPSA) is 58.8 Å². The van der Waals surface area contributed by atoms with Crippen LogP contribution < -0.4 is 9.64 Å². The number of rotatable bonds is 3. The van der Waals surface area contributed by atoms with Crippen molar-refractivity contribution in [2.45, 2.75) is 6.92 Å². The Kier molecular flexibility index (Phi) is 4.00. The molecule has 0 saturated carbocycles. The van der Waals surface area contributed by atoms with Gasteiger partial charge in [0, 0.05) is 31.7 Å². The van der Waals surface area contributed by atoms with Crippen LogP contribution in [-0.2, 0) is 0 Å². The van der Waals surface area contributed by atoms with Gasteiger partial charge in [-0.15, -0.1) is 0 Å². The van der Waals surface area contributed by atoms with E-state index in [-0.39, 0.29) is 5.91 Å². The Morgan fingerprint density at radius 1 is 1.23 bits per heavy atom. The third-order valence-corrected chi connectivity index (χ3v) is 3.94. The van der Waals surface area contributed by atoms with Crippen LogP contribution in [0.2, 0.25) is 0 Å². The number of amides is 1. The summed E-state index contributed by atoms with van der Waals surface area (Å²) in [6.07, 6.45) is 1.50. The van der Waals surface area contributed by atoms with Gasteiger partial charge in [-0.1, -0.05) is 17.3 Å². The van der Waals surface area contributed by atoms with Crippen molar-refractivity contribution < 1.29 is 14.1 Å². The van der Waals surface area contributed by atoms with Gasteiger partial charge in [0.1, 0.15) is 12.0 Å². The molecule has 0 bridgehead atoms. The Labute approximate surface area is 129 Å². The summed E-state index contributed by atoms with van der Waals surface area (Å²) in [5.74, 6) is 0.792. The van der Waals surface area contributed by atoms with Crippen molar-refractivity contribution >= 4 is 11.6 Å². The van der Waals surface area contributed by atoms with Gasteiger partial charge in [-0.3, -0.25) is 4.79 Å². The summed E-state index contributed by atoms with van der Waals surface area (Å²) in [7, 11) is 1.67. The third-order valence-electron chi connectivity index (χ3n) is 3.94. The number of benzene rings is 1. The molecular formula is C16H19N3O3. The first kappa shape index (κ1) is 14.4. The number of hydrogen-bond acceptors (Lipinski definition) is 5. The zero-order valence-electron chi connectivity index (χ0n) is 12.8. The quantitative estimate of drug-likeness (QED) is 0.867. The van der Waals surface area contributed by atoms with E-state index in [4.69, 9.17) is 9.26 Å². The molecule has 3 rings (SSSR count). The third kappa shape index (κ3) is 2.64. The van der Waals surface area contributed by atoms with Crippen LogP contribution in [0, 0.1) is 6.92 Å². The van der Waals surface area contributed by atoms with Gasteiger partial charge in [0.2, 0.25) is 0 Å². The molecule has 1 aromatic carbocycles. The van der Waals surface area contributed by atoms with Gasteiger partial charge in [-0.2, -0.15) is 0 Å². The van der Waals surface area contributed by atoms with Gasteiger partial charge in [0.05, 0.1) is 12.8 Å². The number of ether oxygens (including phenoxy) is 1. The summed E-state index contributed by atoms with van der Waals surface area (Å²) in [4.78, 5) is 16.5. The van der Waals surface area contributed by atoms with Crippen LogP contribution in [0.5, 0.6) is 5.75 Å². The van der Waals surface area contributed by atoms with Crippen LogP contribution in [0.25, 0.3) is 0 Å². The summed E-state index contributed by atoms with van der Waals surface area (Å²) in [6, 6.07) is 7.94. The zero-order valence-corrected chi connectivity index (χ0v) is 12.8. The molecule has 116 valence electrons. The van der Waals surface area contributed by atoms with E-state index >= 15 is 0 Å². The summed E-state index contributed by atoms with van der Waals surface area (Å²) >= 11 is 0. The molecule has 1 saturated heterocycles. The van der Waals surface area contributed by atoms with Crippen molar-refractivity contribution in [3.63, 3.8) is 0 Å². The van der Waals surface area contributed by atoms with Crippen molar-refractivity contribution in [3.8, 4) is 5.75 Å². The molecule has 2 heterocycles. The number of aryl methyl sites for hydroxylation is 1. The molecule has 6 heteroatoms.